The molecule has 0 fully saturated rings. The topological polar surface area (TPSA) is 54.6 Å². The molecular weight excluding hydrogens is 266 g/mol. The lowest BCUT2D eigenvalue weighted by atomic mass is 10.0. The molecule has 4 heteroatoms. The number of benzene rings is 1. The highest BCUT2D eigenvalue weighted by Crippen LogP contribution is 2.24. The third-order valence-electron chi connectivity index (χ3n) is 3.62. The fourth-order valence-electron chi connectivity index (χ4n) is 2.19. The maximum atomic E-state index is 10.5. The maximum Gasteiger partial charge on any atom is 0.136 e. The van der Waals surface area contributed by atoms with Crippen LogP contribution in [0, 0.1) is 6.92 Å². The van der Waals surface area contributed by atoms with E-state index in [0.717, 1.165) is 17.1 Å². The summed E-state index contributed by atoms with van der Waals surface area (Å²) < 4.78 is 10.7. The number of ether oxygens (including phenoxy) is 1. The van der Waals surface area contributed by atoms with Gasteiger partial charge in [-0.2, -0.15) is 0 Å². The first-order valence-electron chi connectivity index (χ1n) is 7.09. The van der Waals surface area contributed by atoms with E-state index in [2.05, 4.69) is 12.2 Å². The lowest BCUT2D eigenvalue weighted by molar-refractivity contribution is 0.0313. The lowest BCUT2D eigenvalue weighted by Crippen LogP contribution is -2.36. The Labute approximate surface area is 125 Å². The first kappa shape index (κ1) is 15.6. The average Bonchev–Trinajstić information content (AvgIpc) is 2.92. The van der Waals surface area contributed by atoms with Crippen LogP contribution in [0.3, 0.4) is 0 Å². The zero-order valence-electron chi connectivity index (χ0n) is 13.0. The Balaban J connectivity index is 2.01. The van der Waals surface area contributed by atoms with Crippen LogP contribution in [0.4, 0.5) is 0 Å². The fraction of sp³-hybridized carbons (Fsp3) is 0.412. The first-order valence-corrected chi connectivity index (χ1v) is 7.09. The van der Waals surface area contributed by atoms with Crippen LogP contribution < -0.4 is 10.1 Å². The number of nitrogens with one attached hydrogen (secondary N) is 1. The van der Waals surface area contributed by atoms with Gasteiger partial charge in [-0.3, -0.25) is 0 Å². The van der Waals surface area contributed by atoms with Crippen LogP contribution in [0.25, 0.3) is 0 Å². The summed E-state index contributed by atoms with van der Waals surface area (Å²) in [5.41, 5.74) is 0.0715. The number of rotatable bonds is 6. The molecule has 0 bridgehead atoms. The molecule has 2 aromatic rings. The Morgan fingerprint density at radius 3 is 2.71 bits per heavy atom. The van der Waals surface area contributed by atoms with Gasteiger partial charge < -0.3 is 19.6 Å². The summed E-state index contributed by atoms with van der Waals surface area (Å²) in [7, 11) is 1.65. The highest BCUT2D eigenvalue weighted by atomic mass is 16.5. The van der Waals surface area contributed by atoms with E-state index >= 15 is 0 Å². The van der Waals surface area contributed by atoms with E-state index in [1.54, 1.807) is 14.0 Å². The molecule has 0 saturated heterocycles. The smallest absolute Gasteiger partial charge is 0.136 e. The molecule has 2 N–H and O–H groups in total. The highest BCUT2D eigenvalue weighted by molar-refractivity contribution is 5.30. The van der Waals surface area contributed by atoms with Crippen molar-refractivity contribution in [2.75, 3.05) is 13.7 Å². The van der Waals surface area contributed by atoms with Crippen LogP contribution in [0.2, 0.25) is 0 Å². The van der Waals surface area contributed by atoms with E-state index in [-0.39, 0.29) is 6.04 Å². The second-order valence-corrected chi connectivity index (χ2v) is 5.56. The molecule has 1 heterocycles. The largest absolute Gasteiger partial charge is 0.497 e. The minimum absolute atomic E-state index is 0.0997. The maximum absolute atomic E-state index is 10.5. The molecule has 114 valence electrons. The molecule has 0 saturated carbocycles. The standard InChI is InChI=1S/C17H23NO3/c1-12-8-9-16(21-12)17(3,19)11-18-13(2)14-6-5-7-15(10-14)20-4/h5-10,13,18-19H,11H2,1-4H3. The predicted molar refractivity (Wildman–Crippen MR) is 82.4 cm³/mol. The van der Waals surface area contributed by atoms with Crippen molar-refractivity contribution in [2.45, 2.75) is 32.4 Å². The van der Waals surface area contributed by atoms with Crippen molar-refractivity contribution in [1.82, 2.24) is 5.32 Å². The van der Waals surface area contributed by atoms with Gasteiger partial charge >= 0.3 is 0 Å². The van der Waals surface area contributed by atoms with Gasteiger partial charge in [0, 0.05) is 12.6 Å². The third kappa shape index (κ3) is 3.86. The summed E-state index contributed by atoms with van der Waals surface area (Å²) in [6, 6.07) is 11.7. The van der Waals surface area contributed by atoms with Gasteiger partial charge in [-0.05, 0) is 50.6 Å². The summed E-state index contributed by atoms with van der Waals surface area (Å²) in [4.78, 5) is 0. The van der Waals surface area contributed by atoms with E-state index in [1.807, 2.05) is 43.3 Å². The summed E-state index contributed by atoms with van der Waals surface area (Å²) in [5.74, 6) is 2.20. The number of furan rings is 1. The average molecular weight is 289 g/mol. The zero-order valence-corrected chi connectivity index (χ0v) is 13.0. The van der Waals surface area contributed by atoms with Crippen molar-refractivity contribution >= 4 is 0 Å². The quantitative estimate of drug-likeness (QED) is 0.857. The van der Waals surface area contributed by atoms with Crippen LogP contribution in [0.1, 0.15) is 37.0 Å². The summed E-state index contributed by atoms with van der Waals surface area (Å²) in [6.07, 6.45) is 0. The highest BCUT2D eigenvalue weighted by Gasteiger charge is 2.27. The van der Waals surface area contributed by atoms with Crippen molar-refractivity contribution in [3.05, 3.63) is 53.5 Å². The third-order valence-corrected chi connectivity index (χ3v) is 3.62. The zero-order chi connectivity index (χ0) is 15.5. The number of aryl methyl sites for hydroxylation is 1. The normalized spacial score (nSPS) is 15.5. The van der Waals surface area contributed by atoms with Gasteiger partial charge in [0.2, 0.25) is 0 Å². The monoisotopic (exact) mass is 289 g/mol. The molecular formula is C17H23NO3. The number of hydrogen-bond donors (Lipinski definition) is 2. The molecule has 2 unspecified atom stereocenters. The fourth-order valence-corrected chi connectivity index (χ4v) is 2.19. The van der Waals surface area contributed by atoms with Gasteiger partial charge in [0.15, 0.2) is 0 Å². The number of aliphatic hydroxyl groups is 1. The van der Waals surface area contributed by atoms with Crippen LogP contribution in [0.5, 0.6) is 5.75 Å². The molecule has 0 aliphatic carbocycles. The minimum Gasteiger partial charge on any atom is -0.497 e. The lowest BCUT2D eigenvalue weighted by Gasteiger charge is -2.24. The van der Waals surface area contributed by atoms with Gasteiger partial charge in [-0.15, -0.1) is 0 Å². The molecule has 1 aromatic heterocycles. The number of hydrogen-bond acceptors (Lipinski definition) is 4. The van der Waals surface area contributed by atoms with Crippen LogP contribution in [-0.4, -0.2) is 18.8 Å². The van der Waals surface area contributed by atoms with Gasteiger partial charge in [-0.25, -0.2) is 0 Å². The summed E-state index contributed by atoms with van der Waals surface area (Å²) in [5, 5.41) is 13.8. The van der Waals surface area contributed by atoms with E-state index in [0.29, 0.717) is 12.3 Å². The molecule has 0 spiro atoms. The van der Waals surface area contributed by atoms with Crippen LogP contribution in [0.15, 0.2) is 40.8 Å². The SMILES string of the molecule is COc1cccc(C(C)NCC(C)(O)c2ccc(C)o2)c1. The van der Waals surface area contributed by atoms with Crippen molar-refractivity contribution < 1.29 is 14.3 Å². The number of methoxy groups -OCH3 is 1. The Kier molecular flexibility index (Phi) is 4.70. The summed E-state index contributed by atoms with van der Waals surface area (Å²) in [6.45, 7) is 6.07. The molecule has 0 amide bonds. The van der Waals surface area contributed by atoms with Crippen molar-refractivity contribution in [1.29, 1.82) is 0 Å². The van der Waals surface area contributed by atoms with Crippen molar-refractivity contribution in [2.24, 2.45) is 0 Å². The van der Waals surface area contributed by atoms with Crippen molar-refractivity contribution in [3.8, 4) is 5.75 Å². The molecule has 2 rings (SSSR count). The molecule has 1 aromatic carbocycles. The Morgan fingerprint density at radius 2 is 2.10 bits per heavy atom. The molecule has 21 heavy (non-hydrogen) atoms. The minimum atomic E-state index is -1.04. The van der Waals surface area contributed by atoms with Gasteiger partial charge in [0.05, 0.1) is 7.11 Å². The molecule has 0 aliphatic heterocycles. The van der Waals surface area contributed by atoms with Gasteiger partial charge in [0.25, 0.3) is 0 Å². The molecule has 2 atom stereocenters. The van der Waals surface area contributed by atoms with Crippen LogP contribution >= 0.6 is 0 Å². The van der Waals surface area contributed by atoms with Crippen LogP contribution in [-0.2, 0) is 5.60 Å². The Hall–Kier alpha value is -1.78. The molecule has 4 nitrogen and oxygen atoms in total. The molecule has 0 radical (unpaired) electrons. The predicted octanol–water partition coefficient (Wildman–Crippen LogP) is 3.15. The van der Waals surface area contributed by atoms with Crippen molar-refractivity contribution in [3.63, 3.8) is 0 Å². The summed E-state index contributed by atoms with van der Waals surface area (Å²) >= 11 is 0. The van der Waals surface area contributed by atoms with E-state index in [9.17, 15) is 5.11 Å². The van der Waals surface area contributed by atoms with Gasteiger partial charge in [0.1, 0.15) is 22.9 Å². The Morgan fingerprint density at radius 1 is 1.33 bits per heavy atom. The molecule has 0 aliphatic rings. The first-order chi connectivity index (χ1) is 9.92. The van der Waals surface area contributed by atoms with E-state index < -0.39 is 5.60 Å². The second-order valence-electron chi connectivity index (χ2n) is 5.56. The van der Waals surface area contributed by atoms with Gasteiger partial charge in [-0.1, -0.05) is 12.1 Å². The second kappa shape index (κ2) is 6.33. The van der Waals surface area contributed by atoms with E-state index in [4.69, 9.17) is 9.15 Å². The Bertz CT molecular complexity index is 589. The van der Waals surface area contributed by atoms with E-state index in [1.165, 1.54) is 0 Å².